The molecule has 182 valence electrons. The molecular formula is C25H26N4O5S. The molecule has 0 fully saturated rings. The molecule has 0 bridgehead atoms. The quantitative estimate of drug-likeness (QED) is 0.520. The van der Waals surface area contributed by atoms with Gasteiger partial charge < -0.3 is 20.7 Å². The molecule has 1 aromatic heterocycles. The van der Waals surface area contributed by atoms with E-state index in [2.05, 4.69) is 5.32 Å². The number of anilines is 1. The van der Waals surface area contributed by atoms with Gasteiger partial charge in [0.2, 0.25) is 17.7 Å². The van der Waals surface area contributed by atoms with E-state index in [1.165, 1.54) is 25.8 Å². The predicted octanol–water partition coefficient (Wildman–Crippen LogP) is 2.56. The number of para-hydroxylation sites is 1. The second-order valence-electron chi connectivity index (χ2n) is 8.21. The second-order valence-corrected chi connectivity index (χ2v) is 9.27. The number of carbonyl (C=O) groups is 4. The number of fused-ring (bicyclic) bond motifs is 2. The van der Waals surface area contributed by atoms with E-state index in [0.29, 0.717) is 11.4 Å². The number of carbonyl (C=O) groups excluding carboxylic acids is 4. The number of hydrogen-bond acceptors (Lipinski definition) is 6. The first-order chi connectivity index (χ1) is 16.8. The van der Waals surface area contributed by atoms with Crippen LogP contribution >= 0.6 is 11.8 Å². The van der Waals surface area contributed by atoms with Crippen LogP contribution in [0.1, 0.15) is 34.1 Å². The Bertz CT molecular complexity index is 1320. The Morgan fingerprint density at radius 2 is 1.97 bits per heavy atom. The molecule has 0 unspecified atom stereocenters. The summed E-state index contributed by atoms with van der Waals surface area (Å²) in [5.74, 6) is -1.03. The number of ether oxygens (including phenoxy) is 1. The number of hydrogen-bond donors (Lipinski definition) is 2. The van der Waals surface area contributed by atoms with E-state index in [9.17, 15) is 19.2 Å². The highest BCUT2D eigenvalue weighted by Crippen LogP contribution is 2.37. The van der Waals surface area contributed by atoms with Gasteiger partial charge in [0.15, 0.2) is 0 Å². The number of aromatic nitrogens is 1. The summed E-state index contributed by atoms with van der Waals surface area (Å²) in [5, 5.41) is 3.64. The van der Waals surface area contributed by atoms with Crippen molar-refractivity contribution in [2.75, 3.05) is 24.4 Å². The highest BCUT2D eigenvalue weighted by atomic mass is 32.2. The van der Waals surface area contributed by atoms with E-state index < -0.39 is 11.9 Å². The maximum absolute atomic E-state index is 13.8. The molecule has 3 aromatic rings. The molecule has 1 aliphatic heterocycles. The number of amides is 3. The average Bonchev–Trinajstić information content (AvgIpc) is 3.16. The monoisotopic (exact) mass is 494 g/mol. The summed E-state index contributed by atoms with van der Waals surface area (Å²) in [6.07, 6.45) is 1.86. The third-order valence-electron chi connectivity index (χ3n) is 5.83. The van der Waals surface area contributed by atoms with Crippen molar-refractivity contribution in [3.63, 3.8) is 0 Å². The van der Waals surface area contributed by atoms with Crippen LogP contribution in [0.3, 0.4) is 0 Å². The van der Waals surface area contributed by atoms with Crippen LogP contribution in [0, 0.1) is 0 Å². The lowest BCUT2D eigenvalue weighted by molar-refractivity contribution is -0.127. The van der Waals surface area contributed by atoms with E-state index in [4.69, 9.17) is 10.5 Å². The summed E-state index contributed by atoms with van der Waals surface area (Å²) < 4.78 is 6.52. The van der Waals surface area contributed by atoms with Crippen LogP contribution in [0.15, 0.2) is 53.6 Å². The van der Waals surface area contributed by atoms with Gasteiger partial charge in [-0.25, -0.2) is 0 Å². The van der Waals surface area contributed by atoms with Crippen LogP contribution in [0.4, 0.5) is 5.69 Å². The number of nitrogens with zero attached hydrogens (tertiary/aromatic N) is 2. The van der Waals surface area contributed by atoms with Crippen LogP contribution in [-0.4, -0.2) is 53.7 Å². The third kappa shape index (κ3) is 5.08. The Labute approximate surface area is 206 Å². The molecule has 0 spiro atoms. The molecule has 9 nitrogen and oxygen atoms in total. The fourth-order valence-corrected chi connectivity index (χ4v) is 5.14. The topological polar surface area (TPSA) is 124 Å². The number of primary amides is 1. The zero-order valence-corrected chi connectivity index (χ0v) is 20.3. The molecule has 4 rings (SSSR count). The zero-order chi connectivity index (χ0) is 25.1. The molecule has 1 atom stereocenters. The Kier molecular flexibility index (Phi) is 7.23. The van der Waals surface area contributed by atoms with Crippen molar-refractivity contribution < 1.29 is 23.9 Å². The van der Waals surface area contributed by atoms with E-state index in [1.54, 1.807) is 33.9 Å². The largest absolute Gasteiger partial charge is 0.384 e. The van der Waals surface area contributed by atoms with Crippen LogP contribution in [0.2, 0.25) is 0 Å². The first-order valence-electron chi connectivity index (χ1n) is 11.1. The summed E-state index contributed by atoms with van der Waals surface area (Å²) in [5.41, 5.74) is 7.81. The lowest BCUT2D eigenvalue weighted by atomic mass is 10.1. The van der Waals surface area contributed by atoms with Gasteiger partial charge in [-0.1, -0.05) is 18.2 Å². The van der Waals surface area contributed by atoms with E-state index in [-0.39, 0.29) is 42.9 Å². The molecule has 1 aliphatic rings. The Morgan fingerprint density at radius 3 is 2.69 bits per heavy atom. The van der Waals surface area contributed by atoms with Crippen molar-refractivity contribution in [1.29, 1.82) is 0 Å². The maximum Gasteiger partial charge on any atom is 0.250 e. The number of methoxy groups -OCH3 is 1. The van der Waals surface area contributed by atoms with Gasteiger partial charge in [0, 0.05) is 48.2 Å². The lowest BCUT2D eigenvalue weighted by Gasteiger charge is -2.26. The Morgan fingerprint density at radius 1 is 1.20 bits per heavy atom. The maximum atomic E-state index is 13.8. The Hall–Kier alpha value is -3.63. The SMILES string of the molecule is COCCC(=O)N[C@H]1CSc2ccc(C(N)=O)cc2N(Cc2cn(C(C)=O)c3ccccc23)C1=O. The summed E-state index contributed by atoms with van der Waals surface area (Å²) in [7, 11) is 1.51. The van der Waals surface area contributed by atoms with Gasteiger partial charge in [0.1, 0.15) is 6.04 Å². The highest BCUT2D eigenvalue weighted by Gasteiger charge is 2.33. The number of nitrogens with two attached hydrogens (primary N) is 1. The van der Waals surface area contributed by atoms with Crippen molar-refractivity contribution in [3.05, 3.63) is 59.8 Å². The fourth-order valence-electron chi connectivity index (χ4n) is 4.09. The minimum Gasteiger partial charge on any atom is -0.384 e. The van der Waals surface area contributed by atoms with Crippen molar-refractivity contribution in [3.8, 4) is 0 Å². The van der Waals surface area contributed by atoms with E-state index in [1.807, 2.05) is 24.3 Å². The van der Waals surface area contributed by atoms with Crippen molar-refractivity contribution in [2.45, 2.75) is 30.8 Å². The predicted molar refractivity (Wildman–Crippen MR) is 134 cm³/mol. The first kappa shape index (κ1) is 24.5. The van der Waals surface area contributed by atoms with Gasteiger partial charge in [0.25, 0.3) is 5.91 Å². The van der Waals surface area contributed by atoms with Gasteiger partial charge in [-0.15, -0.1) is 11.8 Å². The first-order valence-corrected chi connectivity index (χ1v) is 12.0. The average molecular weight is 495 g/mol. The van der Waals surface area contributed by atoms with Crippen LogP contribution < -0.4 is 16.0 Å². The van der Waals surface area contributed by atoms with Gasteiger partial charge in [-0.3, -0.25) is 23.7 Å². The number of nitrogens with one attached hydrogen (secondary N) is 1. The summed E-state index contributed by atoms with van der Waals surface area (Å²) in [4.78, 5) is 52.6. The summed E-state index contributed by atoms with van der Waals surface area (Å²) >= 11 is 1.42. The molecule has 10 heteroatoms. The summed E-state index contributed by atoms with van der Waals surface area (Å²) in [6.45, 7) is 1.86. The minimum absolute atomic E-state index is 0.135. The molecule has 0 saturated carbocycles. The molecule has 3 amide bonds. The molecule has 2 heterocycles. The molecule has 0 radical (unpaired) electrons. The van der Waals surface area contributed by atoms with Gasteiger partial charge in [0.05, 0.1) is 24.4 Å². The summed E-state index contributed by atoms with van der Waals surface area (Å²) in [6, 6.07) is 11.7. The zero-order valence-electron chi connectivity index (χ0n) is 19.4. The molecule has 0 aliphatic carbocycles. The van der Waals surface area contributed by atoms with Crippen LogP contribution in [0.25, 0.3) is 10.9 Å². The third-order valence-corrected chi connectivity index (χ3v) is 6.99. The van der Waals surface area contributed by atoms with E-state index >= 15 is 0 Å². The van der Waals surface area contributed by atoms with Crippen molar-refractivity contribution in [1.82, 2.24) is 9.88 Å². The lowest BCUT2D eigenvalue weighted by Crippen LogP contribution is -2.49. The normalized spacial score (nSPS) is 15.5. The number of benzene rings is 2. The smallest absolute Gasteiger partial charge is 0.250 e. The minimum atomic E-state index is -0.782. The fraction of sp³-hybridized carbons (Fsp3) is 0.280. The van der Waals surface area contributed by atoms with E-state index in [0.717, 1.165) is 21.4 Å². The van der Waals surface area contributed by atoms with Gasteiger partial charge in [-0.2, -0.15) is 0 Å². The molecule has 2 aromatic carbocycles. The van der Waals surface area contributed by atoms with Crippen molar-refractivity contribution in [2.24, 2.45) is 5.73 Å². The van der Waals surface area contributed by atoms with Gasteiger partial charge >= 0.3 is 0 Å². The van der Waals surface area contributed by atoms with Gasteiger partial charge in [-0.05, 0) is 29.8 Å². The van der Waals surface area contributed by atoms with Crippen LogP contribution in [0.5, 0.6) is 0 Å². The standard InChI is InChI=1S/C25H26N4O5S/c1-15(30)28-12-17(18-5-3-4-6-20(18)28)13-29-21-11-16(24(26)32)7-8-22(21)35-14-19(25(29)33)27-23(31)9-10-34-2/h3-8,11-12,19H,9-10,13-14H2,1-2H3,(H2,26,32)(H,27,31)/t19-/m0/s1. The molecule has 3 N–H and O–H groups in total. The van der Waals surface area contributed by atoms with Crippen molar-refractivity contribution >= 4 is 52.0 Å². The molecule has 35 heavy (non-hydrogen) atoms. The second kappa shape index (κ2) is 10.3. The molecule has 0 saturated heterocycles. The number of thioether (sulfide) groups is 1. The highest BCUT2D eigenvalue weighted by molar-refractivity contribution is 7.99. The van der Waals surface area contributed by atoms with Crippen LogP contribution in [-0.2, 0) is 20.9 Å². The molecular weight excluding hydrogens is 468 g/mol. The number of rotatable bonds is 7. The Balaban J connectivity index is 1.77.